The second kappa shape index (κ2) is 6.57. The number of phenols is 1. The number of hydrogen-bond acceptors (Lipinski definition) is 4. The van der Waals surface area contributed by atoms with Crippen LogP contribution in [-0.4, -0.2) is 29.4 Å². The molecule has 1 aromatic carbocycles. The third kappa shape index (κ3) is 5.30. The molecular formula is C15H22O4. The Bertz CT molecular complexity index is 432. The lowest BCUT2D eigenvalue weighted by molar-refractivity contribution is -0.144. The van der Waals surface area contributed by atoms with E-state index in [0.29, 0.717) is 6.42 Å². The van der Waals surface area contributed by atoms with E-state index >= 15 is 0 Å². The van der Waals surface area contributed by atoms with E-state index in [9.17, 15) is 9.90 Å². The summed E-state index contributed by atoms with van der Waals surface area (Å²) in [4.78, 5) is 11.3. The average Bonchev–Trinajstić information content (AvgIpc) is 2.32. The van der Waals surface area contributed by atoms with Gasteiger partial charge in [0.05, 0.1) is 6.61 Å². The van der Waals surface area contributed by atoms with Crippen LogP contribution in [0.5, 0.6) is 5.75 Å². The van der Waals surface area contributed by atoms with Gasteiger partial charge in [0.2, 0.25) is 0 Å². The van der Waals surface area contributed by atoms with E-state index in [1.165, 1.54) is 0 Å². The van der Waals surface area contributed by atoms with Gasteiger partial charge in [0, 0.05) is 6.42 Å². The molecule has 0 aliphatic carbocycles. The van der Waals surface area contributed by atoms with Gasteiger partial charge in [-0.05, 0) is 35.1 Å². The summed E-state index contributed by atoms with van der Waals surface area (Å²) in [5.41, 5.74) is 1.89. The number of phenolic OH excluding ortho intramolecular Hbond substituents is 1. The summed E-state index contributed by atoms with van der Waals surface area (Å²) < 4.78 is 4.79. The Hall–Kier alpha value is -1.55. The van der Waals surface area contributed by atoms with Crippen molar-refractivity contribution in [1.29, 1.82) is 0 Å². The van der Waals surface area contributed by atoms with Crippen LogP contribution in [0.4, 0.5) is 0 Å². The van der Waals surface area contributed by atoms with E-state index in [0.717, 1.165) is 11.1 Å². The zero-order valence-electron chi connectivity index (χ0n) is 11.8. The monoisotopic (exact) mass is 266 g/mol. The maximum Gasteiger partial charge on any atom is 0.306 e. The quantitative estimate of drug-likeness (QED) is 0.801. The second-order valence-electron chi connectivity index (χ2n) is 5.58. The average molecular weight is 266 g/mol. The van der Waals surface area contributed by atoms with Gasteiger partial charge in [-0.2, -0.15) is 0 Å². The van der Waals surface area contributed by atoms with Crippen LogP contribution >= 0.6 is 0 Å². The lowest BCUT2D eigenvalue weighted by Gasteiger charge is -2.20. The molecule has 19 heavy (non-hydrogen) atoms. The lowest BCUT2D eigenvalue weighted by Crippen LogP contribution is -2.12. The van der Waals surface area contributed by atoms with Gasteiger partial charge >= 0.3 is 5.97 Å². The Balaban J connectivity index is 2.69. The summed E-state index contributed by atoms with van der Waals surface area (Å²) in [6, 6.07) is 5.40. The molecule has 0 aliphatic rings. The molecule has 0 spiro atoms. The Morgan fingerprint density at radius 1 is 1.26 bits per heavy atom. The van der Waals surface area contributed by atoms with E-state index in [1.807, 2.05) is 6.07 Å². The number of aliphatic hydroxyl groups is 1. The highest BCUT2D eigenvalue weighted by Crippen LogP contribution is 2.27. The van der Waals surface area contributed by atoms with Gasteiger partial charge in [0.1, 0.15) is 12.4 Å². The molecule has 0 heterocycles. The molecule has 0 bridgehead atoms. The fraction of sp³-hybridized carbons (Fsp3) is 0.533. The summed E-state index contributed by atoms with van der Waals surface area (Å²) in [6.45, 7) is 6.08. The van der Waals surface area contributed by atoms with Gasteiger partial charge in [0.15, 0.2) is 0 Å². The first-order valence-corrected chi connectivity index (χ1v) is 6.43. The highest BCUT2D eigenvalue weighted by atomic mass is 16.5. The number of rotatable bonds is 5. The molecule has 2 N–H and O–H groups in total. The molecular weight excluding hydrogens is 244 g/mol. The predicted octanol–water partition coefficient (Wildman–Crippen LogP) is 2.16. The van der Waals surface area contributed by atoms with Crippen LogP contribution in [0.25, 0.3) is 0 Å². The van der Waals surface area contributed by atoms with E-state index in [1.54, 1.807) is 12.1 Å². The molecule has 4 heteroatoms. The fourth-order valence-electron chi connectivity index (χ4n) is 1.73. The van der Waals surface area contributed by atoms with Crippen LogP contribution in [0.1, 0.15) is 38.3 Å². The fourth-order valence-corrected chi connectivity index (χ4v) is 1.73. The van der Waals surface area contributed by atoms with Crippen LogP contribution in [0, 0.1) is 0 Å². The summed E-state index contributed by atoms with van der Waals surface area (Å²) >= 11 is 0. The van der Waals surface area contributed by atoms with Crippen molar-refractivity contribution in [3.63, 3.8) is 0 Å². The van der Waals surface area contributed by atoms with Crippen LogP contribution in [0.3, 0.4) is 0 Å². The van der Waals surface area contributed by atoms with Crippen molar-refractivity contribution >= 4 is 5.97 Å². The Morgan fingerprint density at radius 2 is 1.95 bits per heavy atom. The predicted molar refractivity (Wildman–Crippen MR) is 73.2 cm³/mol. The van der Waals surface area contributed by atoms with Crippen LogP contribution in [0.2, 0.25) is 0 Å². The van der Waals surface area contributed by atoms with E-state index in [-0.39, 0.29) is 36.8 Å². The first-order valence-electron chi connectivity index (χ1n) is 6.43. The van der Waals surface area contributed by atoms with Crippen molar-refractivity contribution in [3.05, 3.63) is 29.3 Å². The zero-order valence-corrected chi connectivity index (χ0v) is 11.8. The topological polar surface area (TPSA) is 66.8 Å². The summed E-state index contributed by atoms with van der Waals surface area (Å²) in [6.07, 6.45) is 0.759. The maximum absolute atomic E-state index is 11.3. The highest BCUT2D eigenvalue weighted by molar-refractivity contribution is 5.69. The Morgan fingerprint density at radius 3 is 2.53 bits per heavy atom. The summed E-state index contributed by atoms with van der Waals surface area (Å²) in [5.74, 6) is -0.124. The number of hydrogen-bond donors (Lipinski definition) is 2. The number of carbonyl (C=O) groups is 1. The third-order valence-electron chi connectivity index (χ3n) is 2.82. The second-order valence-corrected chi connectivity index (χ2v) is 5.58. The van der Waals surface area contributed by atoms with Crippen LogP contribution in [-0.2, 0) is 21.4 Å². The van der Waals surface area contributed by atoms with Crippen molar-refractivity contribution < 1.29 is 19.7 Å². The molecule has 1 aromatic rings. The van der Waals surface area contributed by atoms with Crippen molar-refractivity contribution in [2.45, 2.75) is 39.0 Å². The van der Waals surface area contributed by atoms with Gasteiger partial charge in [-0.25, -0.2) is 0 Å². The van der Waals surface area contributed by atoms with Crippen molar-refractivity contribution in [1.82, 2.24) is 0 Å². The van der Waals surface area contributed by atoms with E-state index in [2.05, 4.69) is 20.8 Å². The molecule has 0 radical (unpaired) electrons. The molecule has 0 amide bonds. The number of aryl methyl sites for hydroxylation is 1. The molecule has 0 fully saturated rings. The van der Waals surface area contributed by atoms with Crippen molar-refractivity contribution in [2.75, 3.05) is 13.2 Å². The summed E-state index contributed by atoms with van der Waals surface area (Å²) in [5, 5.41) is 18.3. The number of aromatic hydroxyl groups is 1. The smallest absolute Gasteiger partial charge is 0.306 e. The SMILES string of the molecule is CC(C)(C)c1cc(O)cc(CCC(=O)OCCO)c1. The van der Waals surface area contributed by atoms with E-state index < -0.39 is 0 Å². The molecule has 4 nitrogen and oxygen atoms in total. The normalized spacial score (nSPS) is 11.4. The maximum atomic E-state index is 11.3. The first kappa shape index (κ1) is 15.5. The Labute approximate surface area is 114 Å². The van der Waals surface area contributed by atoms with Gasteiger partial charge in [-0.3, -0.25) is 4.79 Å². The molecule has 0 aromatic heterocycles. The number of esters is 1. The third-order valence-corrected chi connectivity index (χ3v) is 2.82. The van der Waals surface area contributed by atoms with Crippen LogP contribution < -0.4 is 0 Å². The number of carbonyl (C=O) groups excluding carboxylic acids is 1. The molecule has 0 atom stereocenters. The molecule has 0 aliphatic heterocycles. The van der Waals surface area contributed by atoms with Gasteiger partial charge in [-0.1, -0.05) is 26.8 Å². The summed E-state index contributed by atoms with van der Waals surface area (Å²) in [7, 11) is 0. The minimum Gasteiger partial charge on any atom is -0.508 e. The van der Waals surface area contributed by atoms with E-state index in [4.69, 9.17) is 9.84 Å². The number of aliphatic hydroxyl groups excluding tert-OH is 1. The minimum absolute atomic E-state index is 0.0338. The van der Waals surface area contributed by atoms with Gasteiger partial charge in [0.25, 0.3) is 0 Å². The van der Waals surface area contributed by atoms with Crippen LogP contribution in [0.15, 0.2) is 18.2 Å². The van der Waals surface area contributed by atoms with Crippen molar-refractivity contribution in [3.8, 4) is 5.75 Å². The zero-order chi connectivity index (χ0) is 14.5. The first-order chi connectivity index (χ1) is 8.82. The minimum atomic E-state index is -0.338. The molecule has 0 saturated carbocycles. The standard InChI is InChI=1S/C15H22O4/c1-15(2,3)12-8-11(9-13(17)10-12)4-5-14(18)19-7-6-16/h8-10,16-17H,4-7H2,1-3H3. The lowest BCUT2D eigenvalue weighted by atomic mass is 9.85. The largest absolute Gasteiger partial charge is 0.508 e. The van der Waals surface area contributed by atoms with Gasteiger partial charge in [-0.15, -0.1) is 0 Å². The van der Waals surface area contributed by atoms with Gasteiger partial charge < -0.3 is 14.9 Å². The highest BCUT2D eigenvalue weighted by Gasteiger charge is 2.15. The Kier molecular flexibility index (Phi) is 5.36. The molecule has 1 rings (SSSR count). The molecule has 0 unspecified atom stereocenters. The number of ether oxygens (including phenoxy) is 1. The molecule has 106 valence electrons. The number of benzene rings is 1. The molecule has 0 saturated heterocycles. The van der Waals surface area contributed by atoms with Crippen molar-refractivity contribution in [2.24, 2.45) is 0 Å².